The molecular weight excluding hydrogens is 504 g/mol. The van der Waals surface area contributed by atoms with E-state index in [-0.39, 0.29) is 11.6 Å². The number of hydrogen-bond acceptors (Lipinski definition) is 3. The maximum Gasteiger partial charge on any atom is 0.343 e. The summed E-state index contributed by atoms with van der Waals surface area (Å²) >= 11 is 0. The van der Waals surface area contributed by atoms with Gasteiger partial charge in [0.15, 0.2) is 0 Å². The Labute approximate surface area is 251 Å². The topological polar surface area (TPSA) is 35.5 Å². The second-order valence-corrected chi connectivity index (χ2v) is 14.2. The molecule has 0 saturated heterocycles. The summed E-state index contributed by atoms with van der Waals surface area (Å²) in [4.78, 5) is 13.1. The molecule has 0 radical (unpaired) electrons. The Morgan fingerprint density at radius 2 is 1.37 bits per heavy atom. The van der Waals surface area contributed by atoms with Gasteiger partial charge in [-0.1, -0.05) is 89.8 Å². The van der Waals surface area contributed by atoms with Crippen molar-refractivity contribution >= 4 is 5.97 Å². The lowest BCUT2D eigenvalue weighted by Gasteiger charge is -2.38. The van der Waals surface area contributed by atoms with Gasteiger partial charge in [0.2, 0.25) is 0 Å². The molecule has 41 heavy (non-hydrogen) atoms. The Kier molecular flexibility index (Phi) is 11.9. The summed E-state index contributed by atoms with van der Waals surface area (Å²) in [6, 6.07) is 5.87. The molecule has 3 heteroatoms. The maximum atomic E-state index is 13.1. The average Bonchev–Trinajstić information content (AvgIpc) is 2.89. The molecule has 228 valence electrons. The van der Waals surface area contributed by atoms with E-state index in [1.165, 1.54) is 56.9 Å². The highest BCUT2D eigenvalue weighted by molar-refractivity contribution is 5.92. The molecule has 1 aliphatic rings. The number of benzene rings is 2. The maximum absolute atomic E-state index is 13.1. The molecule has 3 unspecified atom stereocenters. The van der Waals surface area contributed by atoms with Crippen molar-refractivity contribution < 1.29 is 14.3 Å². The SMILES string of the molecule is Cc1cc(C)cc(C(=O)Oc2c(C)c(C)c3c(c2C)CCC(C)(CCCC(C)CCCC(C)CCCC(C)C)O3)c1. The lowest BCUT2D eigenvalue weighted by Crippen LogP contribution is -2.37. The smallest absolute Gasteiger partial charge is 0.343 e. The van der Waals surface area contributed by atoms with E-state index in [1.54, 1.807) is 0 Å². The van der Waals surface area contributed by atoms with Crippen LogP contribution < -0.4 is 9.47 Å². The van der Waals surface area contributed by atoms with Gasteiger partial charge in [-0.3, -0.25) is 0 Å². The van der Waals surface area contributed by atoms with E-state index < -0.39 is 0 Å². The number of fused-ring (bicyclic) bond motifs is 1. The number of carbonyl (C=O) groups is 1. The molecular formula is C38H58O3. The molecule has 0 N–H and O–H groups in total. The van der Waals surface area contributed by atoms with Gasteiger partial charge in [0.1, 0.15) is 17.1 Å². The van der Waals surface area contributed by atoms with E-state index >= 15 is 0 Å². The first-order valence-electron chi connectivity index (χ1n) is 16.4. The van der Waals surface area contributed by atoms with Crippen LogP contribution in [-0.4, -0.2) is 11.6 Å². The Bertz CT molecular complexity index is 1160. The number of rotatable bonds is 14. The minimum Gasteiger partial charge on any atom is -0.487 e. The van der Waals surface area contributed by atoms with Crippen LogP contribution in [0.5, 0.6) is 11.5 Å². The fraction of sp³-hybridized carbons (Fsp3) is 0.658. The molecule has 0 saturated carbocycles. The third-order valence-electron chi connectivity index (χ3n) is 9.49. The van der Waals surface area contributed by atoms with Crippen molar-refractivity contribution in [3.8, 4) is 11.5 Å². The van der Waals surface area contributed by atoms with Crippen LogP contribution in [0, 0.1) is 52.4 Å². The van der Waals surface area contributed by atoms with Crippen molar-refractivity contribution in [2.45, 2.75) is 145 Å². The summed E-state index contributed by atoms with van der Waals surface area (Å²) in [5.41, 5.74) is 6.92. The molecule has 0 fully saturated rings. The largest absolute Gasteiger partial charge is 0.487 e. The average molecular weight is 563 g/mol. The zero-order chi connectivity index (χ0) is 30.3. The van der Waals surface area contributed by atoms with Crippen molar-refractivity contribution in [2.24, 2.45) is 17.8 Å². The first-order valence-corrected chi connectivity index (χ1v) is 16.4. The molecule has 3 atom stereocenters. The number of aryl methyl sites for hydroxylation is 2. The van der Waals surface area contributed by atoms with Crippen LogP contribution >= 0.6 is 0 Å². The minimum absolute atomic E-state index is 0.140. The Hall–Kier alpha value is -2.29. The van der Waals surface area contributed by atoms with Gasteiger partial charge in [-0.25, -0.2) is 4.79 Å². The predicted molar refractivity (Wildman–Crippen MR) is 174 cm³/mol. The molecule has 0 amide bonds. The van der Waals surface area contributed by atoms with E-state index in [0.29, 0.717) is 11.3 Å². The predicted octanol–water partition coefficient (Wildman–Crippen LogP) is 11.0. The number of esters is 1. The van der Waals surface area contributed by atoms with Crippen LogP contribution in [-0.2, 0) is 6.42 Å². The lowest BCUT2D eigenvalue weighted by molar-refractivity contribution is 0.0508. The number of carbonyl (C=O) groups excluding carboxylic acids is 1. The Morgan fingerprint density at radius 3 is 1.95 bits per heavy atom. The standard InChI is InChI=1S/C38H58O3/c1-25(2)14-11-15-26(3)16-12-17-27(4)18-13-20-38(10)21-19-34-32(9)35(30(7)31(8)36(34)41-38)40-37(39)33-23-28(5)22-29(6)24-33/h22-27H,11-21H2,1-10H3. The van der Waals surface area contributed by atoms with Crippen LogP contribution in [0.4, 0.5) is 0 Å². The van der Waals surface area contributed by atoms with Crippen LogP contribution in [0.2, 0.25) is 0 Å². The molecule has 0 bridgehead atoms. The van der Waals surface area contributed by atoms with Gasteiger partial charge in [-0.15, -0.1) is 0 Å². The van der Waals surface area contributed by atoms with Gasteiger partial charge in [0.05, 0.1) is 5.56 Å². The van der Waals surface area contributed by atoms with Crippen LogP contribution in [0.25, 0.3) is 0 Å². The number of hydrogen-bond donors (Lipinski definition) is 0. The molecule has 0 spiro atoms. The molecule has 0 aromatic heterocycles. The monoisotopic (exact) mass is 562 g/mol. The highest BCUT2D eigenvalue weighted by atomic mass is 16.5. The highest BCUT2D eigenvalue weighted by Crippen LogP contribution is 2.45. The fourth-order valence-corrected chi connectivity index (χ4v) is 6.66. The van der Waals surface area contributed by atoms with E-state index in [4.69, 9.17) is 9.47 Å². The number of ether oxygens (including phenoxy) is 2. The van der Waals surface area contributed by atoms with Gasteiger partial charge in [0, 0.05) is 5.56 Å². The lowest BCUT2D eigenvalue weighted by atomic mass is 9.83. The van der Waals surface area contributed by atoms with Crippen LogP contribution in [0.15, 0.2) is 18.2 Å². The molecule has 2 aromatic carbocycles. The van der Waals surface area contributed by atoms with Crippen molar-refractivity contribution in [3.63, 3.8) is 0 Å². The third-order valence-corrected chi connectivity index (χ3v) is 9.49. The van der Waals surface area contributed by atoms with Crippen molar-refractivity contribution in [1.82, 2.24) is 0 Å². The van der Waals surface area contributed by atoms with Gasteiger partial charge >= 0.3 is 5.97 Å². The first kappa shape index (κ1) is 33.2. The zero-order valence-electron chi connectivity index (χ0n) is 28.0. The van der Waals surface area contributed by atoms with Gasteiger partial charge in [-0.2, -0.15) is 0 Å². The van der Waals surface area contributed by atoms with Gasteiger partial charge in [-0.05, 0) is 114 Å². The highest BCUT2D eigenvalue weighted by Gasteiger charge is 2.35. The molecule has 1 aliphatic heterocycles. The van der Waals surface area contributed by atoms with E-state index in [2.05, 4.69) is 61.5 Å². The molecule has 0 aliphatic carbocycles. The van der Waals surface area contributed by atoms with Crippen LogP contribution in [0.3, 0.4) is 0 Å². The summed E-state index contributed by atoms with van der Waals surface area (Å²) in [5.74, 6) is 3.89. The van der Waals surface area contributed by atoms with E-state index in [9.17, 15) is 4.79 Å². The first-order chi connectivity index (χ1) is 19.3. The third kappa shape index (κ3) is 9.35. The van der Waals surface area contributed by atoms with Crippen LogP contribution in [0.1, 0.15) is 143 Å². The summed E-state index contributed by atoms with van der Waals surface area (Å²) in [6.07, 6.45) is 13.7. The quantitative estimate of drug-likeness (QED) is 0.170. The fourth-order valence-electron chi connectivity index (χ4n) is 6.66. The summed E-state index contributed by atoms with van der Waals surface area (Å²) < 4.78 is 12.8. The van der Waals surface area contributed by atoms with E-state index in [0.717, 1.165) is 70.6 Å². The molecule has 1 heterocycles. The summed E-state index contributed by atoms with van der Waals surface area (Å²) in [5, 5.41) is 0. The van der Waals surface area contributed by atoms with Gasteiger partial charge in [0.25, 0.3) is 0 Å². The summed E-state index contributed by atoms with van der Waals surface area (Å²) in [7, 11) is 0. The normalized spacial score (nSPS) is 18.1. The van der Waals surface area contributed by atoms with E-state index in [1.807, 2.05) is 26.0 Å². The second-order valence-electron chi connectivity index (χ2n) is 14.2. The van der Waals surface area contributed by atoms with Crippen molar-refractivity contribution in [1.29, 1.82) is 0 Å². The Morgan fingerprint density at radius 1 is 0.805 bits per heavy atom. The van der Waals surface area contributed by atoms with Crippen molar-refractivity contribution in [3.05, 3.63) is 57.1 Å². The molecule has 2 aromatic rings. The molecule has 3 rings (SSSR count). The zero-order valence-corrected chi connectivity index (χ0v) is 28.0. The Balaban J connectivity index is 1.55. The molecule has 3 nitrogen and oxygen atoms in total. The summed E-state index contributed by atoms with van der Waals surface area (Å²) in [6.45, 7) is 22.1. The minimum atomic E-state index is -0.293. The van der Waals surface area contributed by atoms with Gasteiger partial charge < -0.3 is 9.47 Å². The van der Waals surface area contributed by atoms with Crippen molar-refractivity contribution in [2.75, 3.05) is 0 Å². The second kappa shape index (κ2) is 14.7.